The molecule has 0 radical (unpaired) electrons. The van der Waals surface area contributed by atoms with Gasteiger partial charge in [-0.1, -0.05) is 24.3 Å². The number of nitrogens with one attached hydrogen (secondary N) is 2. The minimum atomic E-state index is -3.10. The largest absolute Gasteiger partial charge is 0.370 e. The van der Waals surface area contributed by atoms with Crippen molar-refractivity contribution in [3.05, 3.63) is 36.5 Å². The topological polar surface area (TPSA) is 71.1 Å². The summed E-state index contributed by atoms with van der Waals surface area (Å²) in [7, 11) is -3.10. The smallest absolute Gasteiger partial charge is 0.208 e. The summed E-state index contributed by atoms with van der Waals surface area (Å²) in [5.41, 5.74) is 0. The van der Waals surface area contributed by atoms with E-state index in [9.17, 15) is 8.42 Å². The Hall–Kier alpha value is -1.66. The van der Waals surface area contributed by atoms with Crippen molar-refractivity contribution in [2.75, 3.05) is 24.7 Å². The first-order valence-electron chi connectivity index (χ1n) is 6.08. The normalized spacial score (nSPS) is 11.6. The van der Waals surface area contributed by atoms with Crippen LogP contribution in [-0.2, 0) is 10.0 Å². The van der Waals surface area contributed by atoms with Crippen LogP contribution in [0.15, 0.2) is 36.5 Å². The van der Waals surface area contributed by atoms with Crippen LogP contribution in [-0.4, -0.2) is 32.7 Å². The standard InChI is InChI=1S/C13H17N3O2S/c1-19(17,18)16-9-4-8-14-13-12-6-3-2-5-11(12)7-10-15-13/h2-3,5-7,10,16H,4,8-9H2,1H3,(H,14,15). The number of nitrogens with zero attached hydrogens (tertiary/aromatic N) is 1. The quantitative estimate of drug-likeness (QED) is 0.788. The van der Waals surface area contributed by atoms with Gasteiger partial charge in [0.15, 0.2) is 0 Å². The van der Waals surface area contributed by atoms with E-state index in [0.29, 0.717) is 19.5 Å². The van der Waals surface area contributed by atoms with E-state index in [1.54, 1.807) is 6.20 Å². The molecule has 2 N–H and O–H groups in total. The Bertz CT molecular complexity index is 650. The third-order valence-electron chi connectivity index (χ3n) is 2.68. The molecule has 0 aliphatic carbocycles. The van der Waals surface area contributed by atoms with Crippen molar-refractivity contribution in [2.24, 2.45) is 0 Å². The van der Waals surface area contributed by atoms with Gasteiger partial charge in [-0.25, -0.2) is 18.1 Å². The van der Waals surface area contributed by atoms with Crippen molar-refractivity contribution < 1.29 is 8.42 Å². The minimum Gasteiger partial charge on any atom is -0.370 e. The van der Waals surface area contributed by atoms with Crippen LogP contribution in [0.3, 0.4) is 0 Å². The summed E-state index contributed by atoms with van der Waals surface area (Å²) in [6, 6.07) is 9.97. The van der Waals surface area contributed by atoms with Crippen LogP contribution in [0.25, 0.3) is 10.8 Å². The van der Waals surface area contributed by atoms with Crippen LogP contribution >= 0.6 is 0 Å². The zero-order valence-corrected chi connectivity index (χ0v) is 11.6. The highest BCUT2D eigenvalue weighted by Gasteiger charge is 2.01. The molecule has 0 aliphatic rings. The summed E-state index contributed by atoms with van der Waals surface area (Å²) in [6.07, 6.45) is 3.63. The Morgan fingerprint density at radius 3 is 2.74 bits per heavy atom. The lowest BCUT2D eigenvalue weighted by atomic mass is 10.1. The second-order valence-corrected chi connectivity index (χ2v) is 6.16. The van der Waals surface area contributed by atoms with Crippen LogP contribution in [0, 0.1) is 0 Å². The molecule has 1 heterocycles. The average Bonchev–Trinajstić information content (AvgIpc) is 2.37. The van der Waals surface area contributed by atoms with Crippen molar-refractivity contribution in [3.63, 3.8) is 0 Å². The number of rotatable bonds is 6. The predicted octanol–water partition coefficient (Wildman–Crippen LogP) is 1.59. The third kappa shape index (κ3) is 4.18. The summed E-state index contributed by atoms with van der Waals surface area (Å²) >= 11 is 0. The average molecular weight is 279 g/mol. The lowest BCUT2D eigenvalue weighted by Crippen LogP contribution is -2.24. The van der Waals surface area contributed by atoms with E-state index in [2.05, 4.69) is 15.0 Å². The van der Waals surface area contributed by atoms with Crippen LogP contribution in [0.4, 0.5) is 5.82 Å². The van der Waals surface area contributed by atoms with Crippen molar-refractivity contribution >= 4 is 26.6 Å². The number of benzene rings is 1. The fraction of sp³-hybridized carbons (Fsp3) is 0.308. The van der Waals surface area contributed by atoms with Crippen molar-refractivity contribution in [1.29, 1.82) is 0 Å². The van der Waals surface area contributed by atoms with E-state index in [0.717, 1.165) is 22.8 Å². The molecule has 1 aromatic carbocycles. The van der Waals surface area contributed by atoms with E-state index in [1.807, 2.05) is 30.3 Å². The zero-order chi connectivity index (χ0) is 13.7. The highest BCUT2D eigenvalue weighted by molar-refractivity contribution is 7.88. The van der Waals surface area contributed by atoms with Gasteiger partial charge in [0.1, 0.15) is 5.82 Å². The molecule has 0 atom stereocenters. The summed E-state index contributed by atoms with van der Waals surface area (Å²) in [5.74, 6) is 0.831. The summed E-state index contributed by atoms with van der Waals surface area (Å²) in [5, 5.41) is 5.43. The number of pyridine rings is 1. The molecule has 5 nitrogen and oxygen atoms in total. The molecule has 0 spiro atoms. The second-order valence-electron chi connectivity index (χ2n) is 4.33. The first-order chi connectivity index (χ1) is 9.06. The highest BCUT2D eigenvalue weighted by atomic mass is 32.2. The number of hydrogen-bond donors (Lipinski definition) is 2. The van der Waals surface area contributed by atoms with Crippen LogP contribution < -0.4 is 10.0 Å². The molecular weight excluding hydrogens is 262 g/mol. The second kappa shape index (κ2) is 5.99. The van der Waals surface area contributed by atoms with Gasteiger partial charge in [-0.3, -0.25) is 0 Å². The van der Waals surface area contributed by atoms with Gasteiger partial charge >= 0.3 is 0 Å². The number of hydrogen-bond acceptors (Lipinski definition) is 4. The van der Waals surface area contributed by atoms with Gasteiger partial charge in [0.2, 0.25) is 10.0 Å². The fourth-order valence-electron chi connectivity index (χ4n) is 1.81. The molecule has 0 unspecified atom stereocenters. The molecule has 102 valence electrons. The van der Waals surface area contributed by atoms with Gasteiger partial charge in [0, 0.05) is 24.7 Å². The van der Waals surface area contributed by atoms with E-state index in [1.165, 1.54) is 0 Å². The highest BCUT2D eigenvalue weighted by Crippen LogP contribution is 2.19. The van der Waals surface area contributed by atoms with Gasteiger partial charge in [0.25, 0.3) is 0 Å². The van der Waals surface area contributed by atoms with Crippen LogP contribution in [0.1, 0.15) is 6.42 Å². The Morgan fingerprint density at radius 1 is 1.16 bits per heavy atom. The number of fused-ring (bicyclic) bond motifs is 1. The first kappa shape index (κ1) is 13.8. The molecule has 0 aliphatic heterocycles. The lowest BCUT2D eigenvalue weighted by molar-refractivity contribution is 0.586. The third-order valence-corrected chi connectivity index (χ3v) is 3.41. The summed E-state index contributed by atoms with van der Waals surface area (Å²) in [4.78, 5) is 4.30. The van der Waals surface area contributed by atoms with Gasteiger partial charge in [0.05, 0.1) is 6.26 Å². The minimum absolute atomic E-state index is 0.427. The fourth-order valence-corrected chi connectivity index (χ4v) is 2.33. The molecule has 0 amide bonds. The van der Waals surface area contributed by atoms with Gasteiger partial charge in [-0.15, -0.1) is 0 Å². The Balaban J connectivity index is 1.92. The van der Waals surface area contributed by atoms with E-state index < -0.39 is 10.0 Å². The van der Waals surface area contributed by atoms with Crippen molar-refractivity contribution in [3.8, 4) is 0 Å². The van der Waals surface area contributed by atoms with E-state index in [-0.39, 0.29) is 0 Å². The maximum Gasteiger partial charge on any atom is 0.208 e. The monoisotopic (exact) mass is 279 g/mol. The Kier molecular flexibility index (Phi) is 4.34. The van der Waals surface area contributed by atoms with Gasteiger partial charge < -0.3 is 5.32 Å². The maximum absolute atomic E-state index is 10.9. The van der Waals surface area contributed by atoms with Crippen molar-refractivity contribution in [2.45, 2.75) is 6.42 Å². The zero-order valence-electron chi connectivity index (χ0n) is 10.8. The Labute approximate surface area is 113 Å². The molecule has 0 saturated carbocycles. The van der Waals surface area contributed by atoms with Crippen LogP contribution in [0.2, 0.25) is 0 Å². The van der Waals surface area contributed by atoms with Gasteiger partial charge in [-0.2, -0.15) is 0 Å². The summed E-state index contributed by atoms with van der Waals surface area (Å²) in [6.45, 7) is 1.10. The van der Waals surface area contributed by atoms with E-state index >= 15 is 0 Å². The molecular formula is C13H17N3O2S. The number of aromatic nitrogens is 1. The molecule has 19 heavy (non-hydrogen) atoms. The van der Waals surface area contributed by atoms with Gasteiger partial charge in [-0.05, 0) is 17.9 Å². The lowest BCUT2D eigenvalue weighted by Gasteiger charge is -2.08. The molecule has 0 fully saturated rings. The first-order valence-corrected chi connectivity index (χ1v) is 7.98. The molecule has 2 rings (SSSR count). The van der Waals surface area contributed by atoms with E-state index in [4.69, 9.17) is 0 Å². The number of sulfonamides is 1. The number of anilines is 1. The molecule has 0 bridgehead atoms. The molecule has 6 heteroatoms. The molecule has 0 saturated heterocycles. The maximum atomic E-state index is 10.9. The molecule has 1 aromatic heterocycles. The van der Waals surface area contributed by atoms with Crippen LogP contribution in [0.5, 0.6) is 0 Å². The Morgan fingerprint density at radius 2 is 1.95 bits per heavy atom. The molecule has 2 aromatic rings. The predicted molar refractivity (Wildman–Crippen MR) is 77.7 cm³/mol. The SMILES string of the molecule is CS(=O)(=O)NCCCNc1nccc2ccccc12. The van der Waals surface area contributed by atoms with Crippen molar-refractivity contribution in [1.82, 2.24) is 9.71 Å². The summed E-state index contributed by atoms with van der Waals surface area (Å²) < 4.78 is 24.2.